The van der Waals surface area contributed by atoms with Crippen LogP contribution in [0.1, 0.15) is 45.8 Å². The minimum Gasteiger partial charge on any atom is -0.497 e. The SMILES string of the molecule is COc1ccc(-c2nc3c(n2C(C)CO)C2(C(=O)Nc4cc(C)ccc42)N(c2cc(Cl)ccc2C)C3=O)c(OC)c1. The third kappa shape index (κ3) is 3.69. The number of nitrogens with one attached hydrogen (secondary N) is 1. The lowest BCUT2D eigenvalue weighted by Crippen LogP contribution is -2.51. The number of ether oxygens (including phenoxy) is 2. The van der Waals surface area contributed by atoms with E-state index in [1.165, 1.54) is 12.0 Å². The highest BCUT2D eigenvalue weighted by molar-refractivity contribution is 6.31. The Morgan fingerprint density at radius 2 is 1.83 bits per heavy atom. The number of hydrogen-bond donors (Lipinski definition) is 2. The van der Waals surface area contributed by atoms with Gasteiger partial charge in [-0.1, -0.05) is 29.8 Å². The number of aryl methyl sites for hydroxylation is 2. The molecule has 3 aromatic carbocycles. The number of nitrogens with zero attached hydrogens (tertiary/aromatic N) is 3. The molecule has 9 nitrogen and oxygen atoms in total. The first-order valence-electron chi connectivity index (χ1n) is 13.2. The van der Waals surface area contributed by atoms with E-state index in [9.17, 15) is 14.7 Å². The maximum atomic E-state index is 14.5. The molecule has 6 rings (SSSR count). The second kappa shape index (κ2) is 9.64. The number of hydrogen-bond acceptors (Lipinski definition) is 6. The molecule has 0 aliphatic carbocycles. The number of methoxy groups -OCH3 is 2. The number of anilines is 2. The monoisotopic (exact) mass is 572 g/mol. The molecule has 210 valence electrons. The van der Waals surface area contributed by atoms with Crippen molar-refractivity contribution in [2.45, 2.75) is 32.4 Å². The molecule has 2 aliphatic rings. The Labute approximate surface area is 242 Å². The Morgan fingerprint density at radius 3 is 2.54 bits per heavy atom. The molecule has 0 radical (unpaired) electrons. The largest absolute Gasteiger partial charge is 0.497 e. The summed E-state index contributed by atoms with van der Waals surface area (Å²) in [4.78, 5) is 35.3. The second-order valence-corrected chi connectivity index (χ2v) is 10.8. The quantitative estimate of drug-likeness (QED) is 0.327. The molecule has 0 fully saturated rings. The number of amides is 2. The number of benzene rings is 3. The van der Waals surface area contributed by atoms with Crippen LogP contribution in [0.15, 0.2) is 54.6 Å². The van der Waals surface area contributed by atoms with E-state index in [-0.39, 0.29) is 12.3 Å². The van der Waals surface area contributed by atoms with Gasteiger partial charge in [-0.2, -0.15) is 0 Å². The van der Waals surface area contributed by atoms with Gasteiger partial charge in [0, 0.05) is 22.3 Å². The molecule has 3 heterocycles. The van der Waals surface area contributed by atoms with Crippen molar-refractivity contribution in [3.63, 3.8) is 0 Å². The molecule has 4 aromatic rings. The van der Waals surface area contributed by atoms with E-state index in [1.807, 2.05) is 45.0 Å². The normalized spacial score (nSPS) is 18.0. The highest BCUT2D eigenvalue weighted by atomic mass is 35.5. The highest BCUT2D eigenvalue weighted by Crippen LogP contribution is 2.55. The number of halogens is 1. The number of aliphatic hydroxyl groups excluding tert-OH is 1. The van der Waals surface area contributed by atoms with Crippen LogP contribution in [0.4, 0.5) is 11.4 Å². The molecular weight excluding hydrogens is 544 g/mol. The van der Waals surface area contributed by atoms with Crippen molar-refractivity contribution in [2.75, 3.05) is 31.0 Å². The van der Waals surface area contributed by atoms with E-state index in [2.05, 4.69) is 5.32 Å². The van der Waals surface area contributed by atoms with Gasteiger partial charge in [-0.15, -0.1) is 0 Å². The van der Waals surface area contributed by atoms with Crippen molar-refractivity contribution in [3.05, 3.63) is 87.7 Å². The smallest absolute Gasteiger partial charge is 0.280 e. The van der Waals surface area contributed by atoms with Crippen LogP contribution in [0, 0.1) is 13.8 Å². The average Bonchev–Trinajstić information content (AvgIpc) is 3.57. The maximum absolute atomic E-state index is 14.5. The number of aromatic nitrogens is 2. The molecule has 2 atom stereocenters. The van der Waals surface area contributed by atoms with Crippen molar-refractivity contribution >= 4 is 34.8 Å². The number of fused-ring (bicyclic) bond motifs is 4. The molecular formula is C31H29ClN4O5. The van der Waals surface area contributed by atoms with Gasteiger partial charge in [-0.25, -0.2) is 4.98 Å². The molecule has 0 saturated carbocycles. The Kier molecular flexibility index (Phi) is 6.32. The number of rotatable bonds is 6. The standard InChI is InChI=1S/C31H29ClN4O5/c1-16-6-11-22-23(12-16)33-30(39)31(22)27-26(29(38)36(31)24-13-19(32)8-7-17(24)2)34-28(35(27)18(3)15-37)21-10-9-20(40-4)14-25(21)41-5/h6-14,18,37H,15H2,1-5H3,(H,33,39). The van der Waals surface area contributed by atoms with Crippen LogP contribution in [0.25, 0.3) is 11.4 Å². The molecule has 2 unspecified atom stereocenters. The van der Waals surface area contributed by atoms with Gasteiger partial charge in [0.2, 0.25) is 0 Å². The summed E-state index contributed by atoms with van der Waals surface area (Å²) in [5.41, 5.74) is 2.88. The number of carbonyl (C=O) groups excluding carboxylic acids is 2. The van der Waals surface area contributed by atoms with Gasteiger partial charge in [0.25, 0.3) is 11.8 Å². The lowest BCUT2D eigenvalue weighted by molar-refractivity contribution is -0.119. The zero-order valence-electron chi connectivity index (χ0n) is 23.3. The van der Waals surface area contributed by atoms with Gasteiger partial charge in [-0.3, -0.25) is 14.5 Å². The molecule has 2 aliphatic heterocycles. The summed E-state index contributed by atoms with van der Waals surface area (Å²) >= 11 is 6.43. The van der Waals surface area contributed by atoms with E-state index < -0.39 is 23.4 Å². The number of carbonyl (C=O) groups is 2. The Bertz CT molecular complexity index is 1750. The predicted octanol–water partition coefficient (Wildman–Crippen LogP) is 5.25. The van der Waals surface area contributed by atoms with Gasteiger partial charge in [0.05, 0.1) is 43.8 Å². The molecule has 2 N–H and O–H groups in total. The van der Waals surface area contributed by atoms with Crippen molar-refractivity contribution in [2.24, 2.45) is 0 Å². The van der Waals surface area contributed by atoms with E-state index in [0.717, 1.165) is 11.1 Å². The van der Waals surface area contributed by atoms with Gasteiger partial charge >= 0.3 is 0 Å². The van der Waals surface area contributed by atoms with E-state index in [0.29, 0.717) is 50.5 Å². The molecule has 0 saturated heterocycles. The van der Waals surface area contributed by atoms with Crippen LogP contribution in [0.3, 0.4) is 0 Å². The zero-order valence-corrected chi connectivity index (χ0v) is 24.0. The van der Waals surface area contributed by atoms with Crippen LogP contribution in [0.2, 0.25) is 5.02 Å². The fraction of sp³-hybridized carbons (Fsp3) is 0.258. The van der Waals surface area contributed by atoms with Crippen molar-refractivity contribution in [1.82, 2.24) is 9.55 Å². The molecule has 1 aromatic heterocycles. The summed E-state index contributed by atoms with van der Waals surface area (Å²) in [5.74, 6) is 0.590. The lowest BCUT2D eigenvalue weighted by atomic mass is 9.86. The zero-order chi connectivity index (χ0) is 29.2. The topological polar surface area (TPSA) is 106 Å². The van der Waals surface area contributed by atoms with Crippen LogP contribution >= 0.6 is 11.6 Å². The van der Waals surface area contributed by atoms with Crippen LogP contribution < -0.4 is 19.7 Å². The fourth-order valence-corrected chi connectivity index (χ4v) is 6.12. The van der Waals surface area contributed by atoms with E-state index >= 15 is 0 Å². The average molecular weight is 573 g/mol. The summed E-state index contributed by atoms with van der Waals surface area (Å²) in [6, 6.07) is 15.6. The molecule has 1 spiro atoms. The molecule has 41 heavy (non-hydrogen) atoms. The Hall–Kier alpha value is -4.34. The number of aliphatic hydroxyl groups is 1. The summed E-state index contributed by atoms with van der Waals surface area (Å²) in [5, 5.41) is 13.9. The molecule has 10 heteroatoms. The van der Waals surface area contributed by atoms with Crippen LogP contribution in [-0.2, 0) is 10.3 Å². The third-order valence-corrected chi connectivity index (χ3v) is 8.14. The van der Waals surface area contributed by atoms with Crippen LogP contribution in [-0.4, -0.2) is 47.3 Å². The van der Waals surface area contributed by atoms with Crippen molar-refractivity contribution < 1.29 is 24.2 Å². The maximum Gasteiger partial charge on any atom is 0.280 e. The van der Waals surface area contributed by atoms with Gasteiger partial charge in [0.15, 0.2) is 11.2 Å². The first-order chi connectivity index (χ1) is 19.7. The van der Waals surface area contributed by atoms with Crippen molar-refractivity contribution in [1.29, 1.82) is 0 Å². The minimum absolute atomic E-state index is 0.112. The lowest BCUT2D eigenvalue weighted by Gasteiger charge is -2.36. The summed E-state index contributed by atoms with van der Waals surface area (Å²) < 4.78 is 12.8. The second-order valence-electron chi connectivity index (χ2n) is 10.4. The molecule has 2 amide bonds. The van der Waals surface area contributed by atoms with Gasteiger partial charge in [-0.05, 0) is 62.2 Å². The Balaban J connectivity index is 1.74. The Morgan fingerprint density at radius 1 is 1.05 bits per heavy atom. The first kappa shape index (κ1) is 26.9. The third-order valence-electron chi connectivity index (χ3n) is 7.90. The summed E-state index contributed by atoms with van der Waals surface area (Å²) in [6.07, 6.45) is 0. The fourth-order valence-electron chi connectivity index (χ4n) is 5.96. The van der Waals surface area contributed by atoms with Gasteiger partial charge < -0.3 is 24.5 Å². The van der Waals surface area contributed by atoms with Crippen molar-refractivity contribution in [3.8, 4) is 22.9 Å². The highest BCUT2D eigenvalue weighted by Gasteiger charge is 2.64. The van der Waals surface area contributed by atoms with E-state index in [1.54, 1.807) is 42.0 Å². The summed E-state index contributed by atoms with van der Waals surface area (Å²) in [7, 11) is 3.10. The molecule has 0 bridgehead atoms. The predicted molar refractivity (Wildman–Crippen MR) is 156 cm³/mol. The minimum atomic E-state index is -1.61. The van der Waals surface area contributed by atoms with Gasteiger partial charge in [0.1, 0.15) is 17.3 Å². The summed E-state index contributed by atoms with van der Waals surface area (Å²) in [6.45, 7) is 5.35. The van der Waals surface area contributed by atoms with E-state index in [4.69, 9.17) is 26.1 Å². The first-order valence-corrected chi connectivity index (χ1v) is 13.5. The number of imidazole rings is 1. The van der Waals surface area contributed by atoms with Crippen LogP contribution in [0.5, 0.6) is 11.5 Å².